The first-order valence-electron chi connectivity index (χ1n) is 12.1. The average Bonchev–Trinajstić information content (AvgIpc) is 2.93. The number of benzene rings is 3. The van der Waals surface area contributed by atoms with Crippen molar-refractivity contribution in [3.05, 3.63) is 108 Å². The molecule has 0 aliphatic heterocycles. The third kappa shape index (κ3) is 8.73. The van der Waals surface area contributed by atoms with Gasteiger partial charge in [-0.1, -0.05) is 91.0 Å². The Hall–Kier alpha value is -2.25. The Morgan fingerprint density at radius 2 is 0.743 bits per heavy atom. The molecule has 0 spiro atoms. The summed E-state index contributed by atoms with van der Waals surface area (Å²) >= 11 is 5.55. The lowest BCUT2D eigenvalue weighted by molar-refractivity contribution is -0.0382. The quantitative estimate of drug-likeness (QED) is 0.135. The number of ether oxygens (including phenoxy) is 5. The first-order chi connectivity index (χ1) is 17.4. The van der Waals surface area contributed by atoms with Gasteiger partial charge in [0, 0.05) is 5.88 Å². The summed E-state index contributed by atoms with van der Waals surface area (Å²) in [7, 11) is 0. The van der Waals surface area contributed by atoms with Crippen molar-refractivity contribution in [3.8, 4) is 0 Å². The van der Waals surface area contributed by atoms with Gasteiger partial charge in [-0.3, -0.25) is 0 Å². The molecular formula is C29H35ClO5. The Morgan fingerprint density at radius 3 is 1.09 bits per heavy atom. The topological polar surface area (TPSA) is 46.2 Å². The highest BCUT2D eigenvalue weighted by atomic mass is 35.5. The lowest BCUT2D eigenvalue weighted by atomic mass is 9.80. The van der Waals surface area contributed by atoms with Crippen LogP contribution >= 0.6 is 11.6 Å². The highest BCUT2D eigenvalue weighted by Gasteiger charge is 2.37. The van der Waals surface area contributed by atoms with Crippen LogP contribution in [0.5, 0.6) is 0 Å². The van der Waals surface area contributed by atoms with Crippen molar-refractivity contribution in [2.24, 2.45) is 0 Å². The van der Waals surface area contributed by atoms with Gasteiger partial charge < -0.3 is 23.7 Å². The van der Waals surface area contributed by atoms with Gasteiger partial charge in [0.05, 0.1) is 59.5 Å². The molecule has 3 rings (SSSR count). The molecule has 5 nitrogen and oxygen atoms in total. The largest absolute Gasteiger partial charge is 0.378 e. The molecule has 0 N–H and O–H groups in total. The van der Waals surface area contributed by atoms with E-state index in [1.165, 1.54) is 0 Å². The molecule has 3 aromatic rings. The van der Waals surface area contributed by atoms with E-state index in [1.807, 2.05) is 54.6 Å². The van der Waals surface area contributed by atoms with E-state index in [9.17, 15) is 0 Å². The van der Waals surface area contributed by atoms with Crippen LogP contribution in [0.1, 0.15) is 16.7 Å². The molecule has 0 amide bonds. The number of hydrogen-bond donors (Lipinski definition) is 0. The summed E-state index contributed by atoms with van der Waals surface area (Å²) in [5.74, 6) is 0.500. The third-order valence-electron chi connectivity index (χ3n) is 5.42. The van der Waals surface area contributed by atoms with Crippen molar-refractivity contribution in [1.29, 1.82) is 0 Å². The SMILES string of the molecule is ClCCOCCOCCOCCOCCOC(c1ccccc1)(c1ccccc1)c1ccccc1. The molecule has 188 valence electrons. The molecule has 0 heterocycles. The zero-order chi connectivity index (χ0) is 24.4. The molecule has 0 radical (unpaired) electrons. The van der Waals surface area contributed by atoms with Crippen molar-refractivity contribution in [1.82, 2.24) is 0 Å². The van der Waals surface area contributed by atoms with Crippen LogP contribution in [-0.2, 0) is 29.3 Å². The van der Waals surface area contributed by atoms with Crippen molar-refractivity contribution >= 4 is 11.6 Å². The summed E-state index contributed by atoms with van der Waals surface area (Å²) < 4.78 is 28.7. The Labute approximate surface area is 213 Å². The maximum atomic E-state index is 6.68. The molecule has 0 aliphatic rings. The van der Waals surface area contributed by atoms with Gasteiger partial charge in [-0.15, -0.1) is 11.6 Å². The van der Waals surface area contributed by atoms with E-state index in [2.05, 4.69) is 36.4 Å². The number of rotatable bonds is 18. The molecule has 35 heavy (non-hydrogen) atoms. The van der Waals surface area contributed by atoms with Gasteiger partial charge >= 0.3 is 0 Å². The molecule has 0 aliphatic carbocycles. The number of hydrogen-bond acceptors (Lipinski definition) is 5. The summed E-state index contributed by atoms with van der Waals surface area (Å²) in [6, 6.07) is 31.0. The molecule has 0 unspecified atom stereocenters. The van der Waals surface area contributed by atoms with E-state index in [-0.39, 0.29) is 0 Å². The first-order valence-corrected chi connectivity index (χ1v) is 12.6. The summed E-state index contributed by atoms with van der Waals surface area (Å²) in [6.07, 6.45) is 0. The molecule has 3 aromatic carbocycles. The van der Waals surface area contributed by atoms with Crippen LogP contribution in [0.4, 0.5) is 0 Å². The van der Waals surface area contributed by atoms with Gasteiger partial charge in [0.1, 0.15) is 5.60 Å². The minimum Gasteiger partial charge on any atom is -0.378 e. The van der Waals surface area contributed by atoms with Crippen molar-refractivity contribution in [3.63, 3.8) is 0 Å². The van der Waals surface area contributed by atoms with E-state index < -0.39 is 5.60 Å². The van der Waals surface area contributed by atoms with Crippen LogP contribution in [0.3, 0.4) is 0 Å². The second-order valence-electron chi connectivity index (χ2n) is 7.77. The fraction of sp³-hybridized carbons (Fsp3) is 0.379. The molecule has 0 saturated carbocycles. The lowest BCUT2D eigenvalue weighted by Gasteiger charge is -2.36. The summed E-state index contributed by atoms with van der Waals surface area (Å²) in [5, 5.41) is 0. The fourth-order valence-corrected chi connectivity index (χ4v) is 3.95. The Kier molecular flexibility index (Phi) is 12.8. The number of alkyl halides is 1. The zero-order valence-electron chi connectivity index (χ0n) is 20.2. The van der Waals surface area contributed by atoms with Crippen LogP contribution in [0.25, 0.3) is 0 Å². The molecule has 0 saturated heterocycles. The molecule has 0 bridgehead atoms. The standard InChI is InChI=1S/C29H35ClO5/c30-16-17-31-18-19-32-20-21-33-22-23-34-24-25-35-29(26-10-4-1-5-11-26,27-12-6-2-7-13-27)28-14-8-3-9-15-28/h1-15H,16-25H2. The van der Waals surface area contributed by atoms with Crippen LogP contribution in [0, 0.1) is 0 Å². The monoisotopic (exact) mass is 498 g/mol. The Morgan fingerprint density at radius 1 is 0.429 bits per heavy atom. The number of halogens is 1. The third-order valence-corrected chi connectivity index (χ3v) is 5.58. The van der Waals surface area contributed by atoms with Crippen LogP contribution in [0.15, 0.2) is 91.0 Å². The fourth-order valence-electron chi connectivity index (χ4n) is 3.84. The van der Waals surface area contributed by atoms with E-state index in [0.717, 1.165) is 16.7 Å². The van der Waals surface area contributed by atoms with E-state index in [0.29, 0.717) is 65.3 Å². The van der Waals surface area contributed by atoms with E-state index in [1.54, 1.807) is 0 Å². The first kappa shape index (κ1) is 27.3. The predicted molar refractivity (Wildman–Crippen MR) is 139 cm³/mol. The summed E-state index contributed by atoms with van der Waals surface area (Å²) in [5.41, 5.74) is 2.51. The van der Waals surface area contributed by atoms with Crippen molar-refractivity contribution < 1.29 is 23.7 Å². The molecule has 0 aromatic heterocycles. The highest BCUT2D eigenvalue weighted by Crippen LogP contribution is 2.40. The smallest absolute Gasteiger partial charge is 0.143 e. The average molecular weight is 499 g/mol. The Balaban J connectivity index is 1.49. The van der Waals surface area contributed by atoms with Gasteiger partial charge in [0.2, 0.25) is 0 Å². The molecule has 6 heteroatoms. The Bertz CT molecular complexity index is 811. The lowest BCUT2D eigenvalue weighted by Crippen LogP contribution is -2.34. The van der Waals surface area contributed by atoms with Crippen molar-refractivity contribution in [2.75, 3.05) is 65.3 Å². The molecule has 0 atom stereocenters. The summed E-state index contributed by atoms with van der Waals surface area (Å²) in [4.78, 5) is 0. The second-order valence-corrected chi connectivity index (χ2v) is 8.14. The minimum absolute atomic E-state index is 0.435. The van der Waals surface area contributed by atoms with Crippen LogP contribution in [0.2, 0.25) is 0 Å². The van der Waals surface area contributed by atoms with Crippen molar-refractivity contribution in [2.45, 2.75) is 5.60 Å². The second kappa shape index (κ2) is 16.4. The van der Waals surface area contributed by atoms with Gasteiger partial charge in [0.25, 0.3) is 0 Å². The van der Waals surface area contributed by atoms with Crippen LogP contribution in [-0.4, -0.2) is 65.3 Å². The maximum Gasteiger partial charge on any atom is 0.143 e. The highest BCUT2D eigenvalue weighted by molar-refractivity contribution is 6.17. The van der Waals surface area contributed by atoms with E-state index in [4.69, 9.17) is 35.3 Å². The van der Waals surface area contributed by atoms with E-state index >= 15 is 0 Å². The zero-order valence-corrected chi connectivity index (χ0v) is 20.9. The maximum absolute atomic E-state index is 6.68. The van der Waals surface area contributed by atoms with Crippen LogP contribution < -0.4 is 0 Å². The summed E-state index contributed by atoms with van der Waals surface area (Å²) in [6.45, 7) is 4.59. The normalized spacial score (nSPS) is 11.6. The van der Waals surface area contributed by atoms with Gasteiger partial charge in [-0.05, 0) is 16.7 Å². The minimum atomic E-state index is -0.728. The van der Waals surface area contributed by atoms with Gasteiger partial charge in [-0.2, -0.15) is 0 Å². The van der Waals surface area contributed by atoms with Gasteiger partial charge in [0.15, 0.2) is 0 Å². The molecular weight excluding hydrogens is 464 g/mol. The molecule has 0 fully saturated rings. The van der Waals surface area contributed by atoms with Gasteiger partial charge in [-0.25, -0.2) is 0 Å². The predicted octanol–water partition coefficient (Wildman–Crippen LogP) is 5.30.